The normalized spacial score (nSPS) is 14.1. The number of aliphatic hydroxyl groups excluding tert-OH is 1. The highest BCUT2D eigenvalue weighted by Crippen LogP contribution is 2.32. The summed E-state index contributed by atoms with van der Waals surface area (Å²) in [5.41, 5.74) is -0.930. The summed E-state index contributed by atoms with van der Waals surface area (Å²) in [5.74, 6) is -0.412. The van der Waals surface area contributed by atoms with E-state index in [1.54, 1.807) is 37.0 Å². The Labute approximate surface area is 175 Å². The molecule has 1 aromatic rings. The van der Waals surface area contributed by atoms with Gasteiger partial charge in [0.15, 0.2) is 5.60 Å². The molecule has 0 heterocycles. The maximum absolute atomic E-state index is 13.4. The van der Waals surface area contributed by atoms with E-state index in [0.29, 0.717) is 5.56 Å². The fraction of sp³-hybridized carbons (Fsp3) is 0.583. The van der Waals surface area contributed by atoms with Crippen molar-refractivity contribution in [2.45, 2.75) is 86.1 Å². The topological polar surface area (TPSA) is 66.8 Å². The molecule has 5 heteroatoms. The molecule has 0 bridgehead atoms. The first-order chi connectivity index (χ1) is 13.2. The van der Waals surface area contributed by atoms with Crippen LogP contribution in [0.25, 0.3) is 0 Å². The number of allylic oxidation sites excluding steroid dienone is 1. The molecule has 1 amide bonds. The zero-order valence-corrected chi connectivity index (χ0v) is 19.3. The Balaban J connectivity index is 3.27. The molecular weight excluding hydrogens is 366 g/mol. The van der Waals surface area contributed by atoms with Gasteiger partial charge in [-0.2, -0.15) is 0 Å². The number of hydrogen-bond acceptors (Lipinski definition) is 4. The first-order valence-corrected chi connectivity index (χ1v) is 10.2. The maximum Gasteiger partial charge on any atom is 0.411 e. The first kappa shape index (κ1) is 24.9. The summed E-state index contributed by atoms with van der Waals surface area (Å²) in [7, 11) is 0. The fourth-order valence-electron chi connectivity index (χ4n) is 3.23. The highest BCUT2D eigenvalue weighted by atomic mass is 16.6. The number of amides is 1. The number of Topliss-reactive ketones (excluding diaryl/α,β-unsaturated/α-hetero) is 1. The molecule has 0 aromatic heterocycles. The Morgan fingerprint density at radius 1 is 0.966 bits per heavy atom. The Kier molecular flexibility index (Phi) is 8.22. The van der Waals surface area contributed by atoms with E-state index in [4.69, 9.17) is 4.74 Å². The molecule has 0 saturated heterocycles. The zero-order chi connectivity index (χ0) is 22.6. The van der Waals surface area contributed by atoms with E-state index in [9.17, 15) is 14.7 Å². The molecule has 0 aliphatic heterocycles. The van der Waals surface area contributed by atoms with E-state index in [1.807, 2.05) is 66.7 Å². The third kappa shape index (κ3) is 7.00. The molecule has 162 valence electrons. The van der Waals surface area contributed by atoms with Gasteiger partial charge in [0.2, 0.25) is 5.78 Å². The van der Waals surface area contributed by atoms with Crippen LogP contribution in [-0.4, -0.2) is 39.6 Å². The van der Waals surface area contributed by atoms with Gasteiger partial charge in [0.05, 0.1) is 0 Å². The van der Waals surface area contributed by atoms with Crippen LogP contribution >= 0.6 is 0 Å². The molecule has 1 atom stereocenters. The SMILES string of the molecule is CC(C)N(C(=O)OC(C)(C)C(=O)/C(=C\C(C)(C)C)C(O)c1ccccc1)C(C)C. The van der Waals surface area contributed by atoms with Crippen LogP contribution in [0.5, 0.6) is 0 Å². The van der Waals surface area contributed by atoms with Crippen molar-refractivity contribution in [3.05, 3.63) is 47.5 Å². The Morgan fingerprint density at radius 3 is 1.86 bits per heavy atom. The molecular formula is C24H37NO4. The molecule has 0 aliphatic rings. The number of benzene rings is 1. The summed E-state index contributed by atoms with van der Waals surface area (Å²) < 4.78 is 5.65. The molecule has 5 nitrogen and oxygen atoms in total. The highest BCUT2D eigenvalue weighted by molar-refractivity contribution is 6.03. The summed E-state index contributed by atoms with van der Waals surface area (Å²) in [5, 5.41) is 11.0. The van der Waals surface area contributed by atoms with E-state index >= 15 is 0 Å². The third-order valence-electron chi connectivity index (χ3n) is 4.47. The van der Waals surface area contributed by atoms with E-state index in [-0.39, 0.29) is 23.1 Å². The minimum Gasteiger partial charge on any atom is -0.435 e. The van der Waals surface area contributed by atoms with Crippen LogP contribution in [-0.2, 0) is 9.53 Å². The van der Waals surface area contributed by atoms with Crippen molar-refractivity contribution in [2.24, 2.45) is 5.41 Å². The van der Waals surface area contributed by atoms with Gasteiger partial charge in [0.1, 0.15) is 6.10 Å². The summed E-state index contributed by atoms with van der Waals surface area (Å²) in [6.07, 6.45) is 0.107. The van der Waals surface area contributed by atoms with Crippen LogP contribution in [0.1, 0.15) is 74.0 Å². The second kappa shape index (κ2) is 9.57. The van der Waals surface area contributed by atoms with Gasteiger partial charge in [-0.15, -0.1) is 0 Å². The molecule has 0 saturated carbocycles. The van der Waals surface area contributed by atoms with E-state index in [2.05, 4.69) is 0 Å². The molecule has 0 fully saturated rings. The largest absolute Gasteiger partial charge is 0.435 e. The number of ether oxygens (including phenoxy) is 1. The van der Waals surface area contributed by atoms with Gasteiger partial charge < -0.3 is 14.7 Å². The molecule has 1 unspecified atom stereocenters. The standard InChI is InChI=1S/C24H37NO4/c1-16(2)25(17(3)4)22(28)29-24(8,9)21(27)19(15-23(5,6)7)20(26)18-13-11-10-12-14-18/h10-17,20,26H,1-9H3/b19-15-. The lowest BCUT2D eigenvalue weighted by Gasteiger charge is -2.34. The molecule has 1 N–H and O–H groups in total. The number of nitrogens with zero attached hydrogens (tertiary/aromatic N) is 1. The van der Waals surface area contributed by atoms with E-state index in [0.717, 1.165) is 0 Å². The number of ketones is 1. The lowest BCUT2D eigenvalue weighted by Crippen LogP contribution is -2.48. The zero-order valence-electron chi connectivity index (χ0n) is 19.3. The molecule has 1 aromatic carbocycles. The summed E-state index contributed by atoms with van der Waals surface area (Å²) in [6.45, 7) is 16.6. The highest BCUT2D eigenvalue weighted by Gasteiger charge is 2.39. The Morgan fingerprint density at radius 2 is 1.45 bits per heavy atom. The van der Waals surface area contributed by atoms with Crippen molar-refractivity contribution in [3.63, 3.8) is 0 Å². The number of aliphatic hydroxyl groups is 1. The van der Waals surface area contributed by atoms with Gasteiger partial charge >= 0.3 is 6.09 Å². The van der Waals surface area contributed by atoms with Gasteiger partial charge in [-0.25, -0.2) is 4.79 Å². The van der Waals surface area contributed by atoms with Crippen LogP contribution in [0.15, 0.2) is 42.0 Å². The van der Waals surface area contributed by atoms with Crippen LogP contribution in [0, 0.1) is 5.41 Å². The minimum atomic E-state index is -1.42. The number of hydrogen-bond donors (Lipinski definition) is 1. The second-order valence-electron chi connectivity index (χ2n) is 9.58. The molecule has 0 aliphatic carbocycles. The average Bonchev–Trinajstić information content (AvgIpc) is 2.57. The lowest BCUT2D eigenvalue weighted by molar-refractivity contribution is -0.133. The van der Waals surface area contributed by atoms with Crippen molar-refractivity contribution in [1.82, 2.24) is 4.90 Å². The van der Waals surface area contributed by atoms with Crippen LogP contribution in [0.2, 0.25) is 0 Å². The predicted octanol–water partition coefficient (Wildman–Crippen LogP) is 5.30. The van der Waals surface area contributed by atoms with Gasteiger partial charge in [-0.3, -0.25) is 4.79 Å². The summed E-state index contributed by atoms with van der Waals surface area (Å²) in [4.78, 5) is 27.8. The average molecular weight is 404 g/mol. The smallest absolute Gasteiger partial charge is 0.411 e. The van der Waals surface area contributed by atoms with Crippen molar-refractivity contribution in [1.29, 1.82) is 0 Å². The predicted molar refractivity (Wildman–Crippen MR) is 117 cm³/mol. The van der Waals surface area contributed by atoms with Crippen molar-refractivity contribution in [3.8, 4) is 0 Å². The molecule has 1 rings (SSSR count). The second-order valence-corrected chi connectivity index (χ2v) is 9.58. The summed E-state index contributed by atoms with van der Waals surface area (Å²) in [6, 6.07) is 8.89. The van der Waals surface area contributed by atoms with Crippen LogP contribution in [0.4, 0.5) is 4.79 Å². The van der Waals surface area contributed by atoms with Gasteiger partial charge in [0, 0.05) is 17.7 Å². The van der Waals surface area contributed by atoms with E-state index in [1.165, 1.54) is 0 Å². The van der Waals surface area contributed by atoms with Gasteiger partial charge in [-0.05, 0) is 52.5 Å². The monoisotopic (exact) mass is 403 g/mol. The fourth-order valence-corrected chi connectivity index (χ4v) is 3.23. The first-order valence-electron chi connectivity index (χ1n) is 10.2. The number of carbonyl (C=O) groups excluding carboxylic acids is 2. The minimum absolute atomic E-state index is 0.0621. The quantitative estimate of drug-likeness (QED) is 0.628. The van der Waals surface area contributed by atoms with Crippen molar-refractivity contribution in [2.75, 3.05) is 0 Å². The van der Waals surface area contributed by atoms with Crippen LogP contribution < -0.4 is 0 Å². The van der Waals surface area contributed by atoms with Gasteiger partial charge in [-0.1, -0.05) is 57.2 Å². The Bertz CT molecular complexity index is 719. The Hall–Kier alpha value is -2.14. The van der Waals surface area contributed by atoms with Crippen molar-refractivity contribution >= 4 is 11.9 Å². The number of carbonyl (C=O) groups is 2. The van der Waals surface area contributed by atoms with E-state index < -0.39 is 23.6 Å². The maximum atomic E-state index is 13.4. The van der Waals surface area contributed by atoms with Gasteiger partial charge in [0.25, 0.3) is 0 Å². The molecule has 0 spiro atoms. The lowest BCUT2D eigenvalue weighted by atomic mass is 9.84. The van der Waals surface area contributed by atoms with Crippen molar-refractivity contribution < 1.29 is 19.4 Å². The summed E-state index contributed by atoms with van der Waals surface area (Å²) >= 11 is 0. The van der Waals surface area contributed by atoms with Crippen LogP contribution in [0.3, 0.4) is 0 Å². The molecule has 0 radical (unpaired) electrons. The number of rotatable bonds is 7. The molecule has 29 heavy (non-hydrogen) atoms. The third-order valence-corrected chi connectivity index (χ3v) is 4.47.